The summed E-state index contributed by atoms with van der Waals surface area (Å²) in [4.78, 5) is 64.8. The molecule has 232 valence electrons. The highest BCUT2D eigenvalue weighted by atomic mass is 35.5. The molecule has 2 atom stereocenters. The van der Waals surface area contributed by atoms with Crippen molar-refractivity contribution in [1.82, 2.24) is 20.9 Å². The molecule has 0 radical (unpaired) electrons. The van der Waals surface area contributed by atoms with E-state index in [2.05, 4.69) is 16.0 Å². The number of nitrogens with one attached hydrogen (secondary N) is 3. The van der Waals surface area contributed by atoms with Gasteiger partial charge in [-0.3, -0.25) is 14.4 Å². The van der Waals surface area contributed by atoms with Crippen molar-refractivity contribution >= 4 is 41.4 Å². The number of piperidine rings is 1. The number of hydrogen-bond acceptors (Lipinski definition) is 8. The summed E-state index contributed by atoms with van der Waals surface area (Å²) in [7, 11) is 1.15. The maximum atomic E-state index is 13.0. The topological polar surface area (TPSA) is 163 Å². The molecule has 1 heterocycles. The number of ether oxygens (including phenoxy) is 2. The predicted molar refractivity (Wildman–Crippen MR) is 158 cm³/mol. The number of benzene rings is 2. The Morgan fingerprint density at radius 2 is 1.81 bits per heavy atom. The van der Waals surface area contributed by atoms with Crippen molar-refractivity contribution in [3.8, 4) is 5.75 Å². The molecule has 4 N–H and O–H groups in total. The van der Waals surface area contributed by atoms with E-state index in [1.54, 1.807) is 32.9 Å². The first-order valence-corrected chi connectivity index (χ1v) is 14.1. The number of amides is 4. The zero-order chi connectivity index (χ0) is 31.7. The van der Waals surface area contributed by atoms with Gasteiger partial charge in [0.15, 0.2) is 0 Å². The lowest BCUT2D eigenvalue weighted by atomic mass is 9.97. The summed E-state index contributed by atoms with van der Waals surface area (Å²) >= 11 is 6.31. The number of halogens is 1. The highest BCUT2D eigenvalue weighted by Crippen LogP contribution is 2.21. The van der Waals surface area contributed by atoms with Crippen LogP contribution >= 0.6 is 11.6 Å². The minimum Gasteiger partial charge on any atom is -0.508 e. The van der Waals surface area contributed by atoms with Crippen LogP contribution in [0.1, 0.15) is 59.9 Å². The first-order chi connectivity index (χ1) is 20.3. The number of likely N-dealkylation sites (tertiary alicyclic amines) is 1. The molecule has 4 amide bonds. The van der Waals surface area contributed by atoms with E-state index < -0.39 is 41.4 Å². The molecular formula is C30H37ClN4O8. The van der Waals surface area contributed by atoms with Crippen molar-refractivity contribution in [2.75, 3.05) is 26.7 Å². The third kappa shape index (κ3) is 9.88. The number of hydrogen-bond donors (Lipinski definition) is 4. The molecule has 2 aromatic carbocycles. The minimum atomic E-state index is -1.23. The van der Waals surface area contributed by atoms with Crippen molar-refractivity contribution in [2.45, 2.75) is 51.8 Å². The second-order valence-electron chi connectivity index (χ2n) is 11.1. The van der Waals surface area contributed by atoms with E-state index in [0.29, 0.717) is 24.9 Å². The van der Waals surface area contributed by atoms with E-state index in [1.165, 1.54) is 35.2 Å². The van der Waals surface area contributed by atoms with Crippen LogP contribution in [0.15, 0.2) is 42.5 Å². The number of phenolic OH excluding ortho intramolecular Hbond substituents is 1. The second-order valence-corrected chi connectivity index (χ2v) is 11.5. The third-order valence-electron chi connectivity index (χ3n) is 6.55. The van der Waals surface area contributed by atoms with Crippen LogP contribution in [-0.2, 0) is 25.6 Å². The smallest absolute Gasteiger partial charge is 0.410 e. The van der Waals surface area contributed by atoms with E-state index in [9.17, 15) is 29.1 Å². The molecule has 3 rings (SSSR count). The Morgan fingerprint density at radius 1 is 1.07 bits per heavy atom. The van der Waals surface area contributed by atoms with Crippen LogP contribution in [-0.4, -0.2) is 78.2 Å². The zero-order valence-electron chi connectivity index (χ0n) is 24.6. The summed E-state index contributed by atoms with van der Waals surface area (Å²) in [6.07, 6.45) is 0.655. The monoisotopic (exact) mass is 616 g/mol. The molecule has 1 aliphatic rings. The van der Waals surface area contributed by atoms with Crippen molar-refractivity contribution in [3.05, 3.63) is 64.2 Å². The van der Waals surface area contributed by atoms with Crippen LogP contribution < -0.4 is 16.0 Å². The van der Waals surface area contributed by atoms with Gasteiger partial charge in [-0.05, 0) is 69.5 Å². The number of rotatable bonds is 9. The number of aromatic hydroxyl groups is 1. The van der Waals surface area contributed by atoms with Gasteiger partial charge in [0.1, 0.15) is 17.4 Å². The number of nitrogens with zero attached hydrogens (tertiary/aromatic N) is 1. The van der Waals surface area contributed by atoms with E-state index >= 15 is 0 Å². The molecular weight excluding hydrogens is 580 g/mol. The SMILES string of the molecule is COC(=O)C(CNC(=O)C1CCCN(C(=O)OC(C)(C)C)C1)NC(=O)c1ccc(C(=O)NCc2cccc(O)c2)cc1Cl. The largest absolute Gasteiger partial charge is 0.508 e. The quantitative estimate of drug-likeness (QED) is 0.312. The Hall–Kier alpha value is -4.32. The number of carbonyl (C=O) groups is 5. The van der Waals surface area contributed by atoms with Crippen molar-refractivity contribution in [3.63, 3.8) is 0 Å². The summed E-state index contributed by atoms with van der Waals surface area (Å²) < 4.78 is 10.2. The van der Waals surface area contributed by atoms with Crippen molar-refractivity contribution < 1.29 is 38.6 Å². The average molecular weight is 617 g/mol. The minimum absolute atomic E-state index is 0.00621. The van der Waals surface area contributed by atoms with Gasteiger partial charge in [0.25, 0.3) is 11.8 Å². The van der Waals surface area contributed by atoms with Crippen molar-refractivity contribution in [2.24, 2.45) is 5.92 Å². The van der Waals surface area contributed by atoms with Gasteiger partial charge >= 0.3 is 12.1 Å². The Bertz CT molecular complexity index is 1360. The summed E-state index contributed by atoms with van der Waals surface area (Å²) in [5.41, 5.74) is 0.236. The fraction of sp³-hybridized carbons (Fsp3) is 0.433. The van der Waals surface area contributed by atoms with Crippen molar-refractivity contribution in [1.29, 1.82) is 0 Å². The average Bonchev–Trinajstić information content (AvgIpc) is 2.96. The lowest BCUT2D eigenvalue weighted by Crippen LogP contribution is -2.52. The van der Waals surface area contributed by atoms with E-state index in [0.717, 1.165) is 7.11 Å². The summed E-state index contributed by atoms with van der Waals surface area (Å²) in [5.74, 6) is -2.76. The summed E-state index contributed by atoms with van der Waals surface area (Å²) in [5, 5.41) is 17.4. The van der Waals surface area contributed by atoms with Crippen LogP contribution in [0.3, 0.4) is 0 Å². The molecule has 0 spiro atoms. The molecule has 13 heteroatoms. The number of phenols is 1. The number of esters is 1. The Kier molecular flexibility index (Phi) is 11.4. The van der Waals surface area contributed by atoms with Crippen LogP contribution in [0.25, 0.3) is 0 Å². The zero-order valence-corrected chi connectivity index (χ0v) is 25.3. The lowest BCUT2D eigenvalue weighted by molar-refractivity contribution is -0.142. The van der Waals surface area contributed by atoms with E-state index in [-0.39, 0.29) is 47.4 Å². The lowest BCUT2D eigenvalue weighted by Gasteiger charge is -2.33. The molecule has 1 fully saturated rings. The predicted octanol–water partition coefficient (Wildman–Crippen LogP) is 3.01. The second kappa shape index (κ2) is 14.7. The molecule has 0 bridgehead atoms. The molecule has 1 saturated heterocycles. The van der Waals surface area contributed by atoms with Gasteiger partial charge in [-0.25, -0.2) is 9.59 Å². The molecule has 43 heavy (non-hydrogen) atoms. The van der Waals surface area contributed by atoms with Gasteiger partial charge in [0, 0.05) is 31.7 Å². The molecule has 12 nitrogen and oxygen atoms in total. The maximum Gasteiger partial charge on any atom is 0.410 e. The van der Waals surface area contributed by atoms with Gasteiger partial charge in [-0.1, -0.05) is 23.7 Å². The van der Waals surface area contributed by atoms with Crippen LogP contribution in [0, 0.1) is 5.92 Å². The fourth-order valence-corrected chi connectivity index (χ4v) is 4.66. The van der Waals surface area contributed by atoms with Crippen LogP contribution in [0.5, 0.6) is 5.75 Å². The standard InChI is InChI=1S/C30H37ClN4O8/c1-30(2,3)43-29(41)35-12-6-8-20(17-35)26(38)33-16-24(28(40)42-4)34-27(39)22-11-10-19(14-23(22)31)25(37)32-15-18-7-5-9-21(36)13-18/h5,7,9-11,13-14,20,24,36H,6,8,12,15-17H2,1-4H3,(H,32,37)(H,33,38)(H,34,39). The Balaban J connectivity index is 1.58. The third-order valence-corrected chi connectivity index (χ3v) is 6.87. The Morgan fingerprint density at radius 3 is 2.47 bits per heavy atom. The van der Waals surface area contributed by atoms with Gasteiger partial charge in [-0.15, -0.1) is 0 Å². The maximum absolute atomic E-state index is 13.0. The molecule has 2 unspecified atom stereocenters. The molecule has 2 aromatic rings. The fourth-order valence-electron chi connectivity index (χ4n) is 4.39. The normalized spacial score (nSPS) is 15.6. The van der Waals surface area contributed by atoms with Gasteiger partial charge in [0.2, 0.25) is 5.91 Å². The van der Waals surface area contributed by atoms with Gasteiger partial charge < -0.3 is 35.4 Å². The summed E-state index contributed by atoms with van der Waals surface area (Å²) in [6.45, 7) is 5.84. The molecule has 0 aromatic heterocycles. The van der Waals surface area contributed by atoms with Gasteiger partial charge in [-0.2, -0.15) is 0 Å². The first-order valence-electron chi connectivity index (χ1n) is 13.8. The van der Waals surface area contributed by atoms with Crippen LogP contribution in [0.4, 0.5) is 4.79 Å². The summed E-state index contributed by atoms with van der Waals surface area (Å²) in [6, 6.07) is 9.30. The molecule has 1 aliphatic heterocycles. The van der Waals surface area contributed by atoms with E-state index in [4.69, 9.17) is 21.1 Å². The molecule has 0 aliphatic carbocycles. The van der Waals surface area contributed by atoms with E-state index in [1.807, 2.05) is 0 Å². The number of carbonyl (C=O) groups excluding carboxylic acids is 5. The highest BCUT2D eigenvalue weighted by molar-refractivity contribution is 6.34. The highest BCUT2D eigenvalue weighted by Gasteiger charge is 2.32. The van der Waals surface area contributed by atoms with Crippen LogP contribution in [0.2, 0.25) is 5.02 Å². The number of methoxy groups -OCH3 is 1. The molecule has 0 saturated carbocycles. The van der Waals surface area contributed by atoms with Gasteiger partial charge in [0.05, 0.1) is 23.6 Å². The Labute approximate surface area is 255 Å². The first kappa shape index (κ1) is 33.2.